The Morgan fingerprint density at radius 2 is 1.86 bits per heavy atom. The molecule has 0 unspecified atom stereocenters. The van der Waals surface area contributed by atoms with Gasteiger partial charge in [0, 0.05) is 67.7 Å². The third kappa shape index (κ3) is 4.91. The maximum Gasteiger partial charge on any atom is 0.293 e. The maximum atomic E-state index is 13.1. The van der Waals surface area contributed by atoms with E-state index in [0.29, 0.717) is 49.1 Å². The normalized spacial score (nSPS) is 14.2. The van der Waals surface area contributed by atoms with Crippen LogP contribution in [0.15, 0.2) is 71.0 Å². The topological polar surface area (TPSA) is 113 Å². The van der Waals surface area contributed by atoms with Crippen LogP contribution in [0.3, 0.4) is 0 Å². The molecule has 1 aliphatic heterocycles. The highest BCUT2D eigenvalue weighted by Crippen LogP contribution is 2.29. The predicted octanol–water partition coefficient (Wildman–Crippen LogP) is 3.37. The van der Waals surface area contributed by atoms with Crippen molar-refractivity contribution in [3.8, 4) is 0 Å². The van der Waals surface area contributed by atoms with E-state index in [9.17, 15) is 19.7 Å². The van der Waals surface area contributed by atoms with Gasteiger partial charge in [-0.3, -0.25) is 29.0 Å². The van der Waals surface area contributed by atoms with E-state index in [1.165, 1.54) is 21.8 Å². The molecule has 4 aromatic rings. The molecule has 1 amide bonds. The minimum atomic E-state index is -0.486. The first-order valence-electron chi connectivity index (χ1n) is 11.1. The lowest BCUT2D eigenvalue weighted by Crippen LogP contribution is -2.48. The van der Waals surface area contributed by atoms with Crippen LogP contribution in [-0.4, -0.2) is 56.2 Å². The first-order chi connectivity index (χ1) is 17.0. The van der Waals surface area contributed by atoms with Gasteiger partial charge in [0.1, 0.15) is 5.69 Å². The fourth-order valence-corrected chi connectivity index (χ4v) is 4.83. The van der Waals surface area contributed by atoms with Crippen molar-refractivity contribution in [1.82, 2.24) is 19.2 Å². The lowest BCUT2D eigenvalue weighted by Gasteiger charge is -2.34. The zero-order chi connectivity index (χ0) is 24.4. The molecule has 2 aromatic carbocycles. The highest BCUT2D eigenvalue weighted by molar-refractivity contribution is 7.15. The molecule has 0 radical (unpaired) electrons. The molecule has 0 bridgehead atoms. The van der Waals surface area contributed by atoms with E-state index in [4.69, 9.17) is 0 Å². The molecule has 178 valence electrons. The van der Waals surface area contributed by atoms with Crippen molar-refractivity contribution < 1.29 is 9.72 Å². The van der Waals surface area contributed by atoms with Gasteiger partial charge in [0.15, 0.2) is 4.96 Å². The molecule has 1 saturated heterocycles. The fraction of sp³-hybridized carbons (Fsp3) is 0.208. The number of amides is 1. The van der Waals surface area contributed by atoms with Crippen LogP contribution >= 0.6 is 11.3 Å². The highest BCUT2D eigenvalue weighted by atomic mass is 32.1. The van der Waals surface area contributed by atoms with Gasteiger partial charge in [-0.25, -0.2) is 4.98 Å². The van der Waals surface area contributed by atoms with Crippen molar-refractivity contribution >= 4 is 39.3 Å². The van der Waals surface area contributed by atoms with Crippen LogP contribution in [0.5, 0.6) is 0 Å². The SMILES string of the molecule is O=C(c1ccc(Nc2ccccc2)c([N+](=O)[O-])c1)N1CCN(Cc2cc(=O)n3ccsc3n2)CC1. The molecular formula is C24H22N6O4S. The first-order valence-corrected chi connectivity index (χ1v) is 11.9. The number of nitrogens with one attached hydrogen (secondary N) is 1. The number of piperazine rings is 1. The molecule has 1 fully saturated rings. The van der Waals surface area contributed by atoms with Crippen LogP contribution in [0.4, 0.5) is 17.1 Å². The number of fused-ring (bicyclic) bond motifs is 1. The molecular weight excluding hydrogens is 468 g/mol. The van der Waals surface area contributed by atoms with E-state index in [-0.39, 0.29) is 22.7 Å². The quantitative estimate of drug-likeness (QED) is 0.326. The Labute approximate surface area is 204 Å². The summed E-state index contributed by atoms with van der Waals surface area (Å²) >= 11 is 1.41. The van der Waals surface area contributed by atoms with Crippen LogP contribution < -0.4 is 10.9 Å². The number of carbonyl (C=O) groups excluding carboxylic acids is 1. The van der Waals surface area contributed by atoms with E-state index in [1.54, 1.807) is 29.3 Å². The summed E-state index contributed by atoms with van der Waals surface area (Å²) in [5, 5.41) is 16.5. The van der Waals surface area contributed by atoms with Crippen LogP contribution in [0.25, 0.3) is 4.96 Å². The number of benzene rings is 2. The number of anilines is 2. The summed E-state index contributed by atoms with van der Waals surface area (Å²) < 4.78 is 1.52. The Morgan fingerprint density at radius 3 is 2.60 bits per heavy atom. The second kappa shape index (κ2) is 9.65. The van der Waals surface area contributed by atoms with Crippen LogP contribution in [-0.2, 0) is 6.54 Å². The van der Waals surface area contributed by atoms with E-state index in [2.05, 4.69) is 15.2 Å². The summed E-state index contributed by atoms with van der Waals surface area (Å²) in [4.78, 5) is 45.5. The first kappa shape index (κ1) is 22.7. The van der Waals surface area contributed by atoms with Crippen molar-refractivity contribution in [1.29, 1.82) is 0 Å². The molecule has 0 aliphatic carbocycles. The Balaban J connectivity index is 1.25. The minimum absolute atomic E-state index is 0.105. The molecule has 0 atom stereocenters. The number of hydrogen-bond acceptors (Lipinski definition) is 8. The van der Waals surface area contributed by atoms with Crippen molar-refractivity contribution in [3.63, 3.8) is 0 Å². The van der Waals surface area contributed by atoms with Gasteiger partial charge >= 0.3 is 0 Å². The predicted molar refractivity (Wildman–Crippen MR) is 133 cm³/mol. The molecule has 0 spiro atoms. The Kier molecular flexibility index (Phi) is 6.25. The average molecular weight is 491 g/mol. The van der Waals surface area contributed by atoms with Gasteiger partial charge in [-0.1, -0.05) is 18.2 Å². The number of aromatic nitrogens is 2. The number of nitrogens with zero attached hydrogens (tertiary/aromatic N) is 5. The number of hydrogen-bond donors (Lipinski definition) is 1. The molecule has 11 heteroatoms. The molecule has 2 aromatic heterocycles. The molecule has 3 heterocycles. The summed E-state index contributed by atoms with van der Waals surface area (Å²) in [6.07, 6.45) is 1.71. The third-order valence-corrected chi connectivity index (χ3v) is 6.65. The summed E-state index contributed by atoms with van der Waals surface area (Å²) in [5.74, 6) is -0.240. The Hall–Kier alpha value is -4.09. The average Bonchev–Trinajstić information content (AvgIpc) is 3.34. The summed E-state index contributed by atoms with van der Waals surface area (Å²) in [6, 6.07) is 15.2. The zero-order valence-corrected chi connectivity index (χ0v) is 19.5. The van der Waals surface area contributed by atoms with Crippen LogP contribution in [0.2, 0.25) is 0 Å². The van der Waals surface area contributed by atoms with Gasteiger partial charge in [0.2, 0.25) is 0 Å². The van der Waals surface area contributed by atoms with E-state index < -0.39 is 4.92 Å². The largest absolute Gasteiger partial charge is 0.350 e. The maximum absolute atomic E-state index is 13.1. The second-order valence-electron chi connectivity index (χ2n) is 8.19. The second-order valence-corrected chi connectivity index (χ2v) is 9.06. The van der Waals surface area contributed by atoms with Crippen LogP contribution in [0.1, 0.15) is 16.1 Å². The van der Waals surface area contributed by atoms with Crippen LogP contribution in [0, 0.1) is 10.1 Å². The Morgan fingerprint density at radius 1 is 1.09 bits per heavy atom. The molecule has 35 heavy (non-hydrogen) atoms. The smallest absolute Gasteiger partial charge is 0.293 e. The summed E-state index contributed by atoms with van der Waals surface area (Å²) in [6.45, 7) is 2.73. The lowest BCUT2D eigenvalue weighted by atomic mass is 10.1. The molecule has 0 saturated carbocycles. The van der Waals surface area contributed by atoms with Gasteiger partial charge in [0.05, 0.1) is 10.6 Å². The van der Waals surface area contributed by atoms with Gasteiger partial charge in [-0.2, -0.15) is 0 Å². The standard InChI is InChI=1S/C24H22N6O4S/c31-22-15-19(26-24-29(22)12-13-35-24)16-27-8-10-28(11-9-27)23(32)17-6-7-20(21(14-17)30(33)34)25-18-4-2-1-3-5-18/h1-7,12-15,25H,8-11,16H2. The summed E-state index contributed by atoms with van der Waals surface area (Å²) in [5.41, 5.74) is 1.78. The number of rotatable bonds is 6. The Bertz CT molecular complexity index is 1440. The minimum Gasteiger partial charge on any atom is -0.350 e. The van der Waals surface area contributed by atoms with E-state index in [0.717, 1.165) is 5.69 Å². The zero-order valence-electron chi connectivity index (χ0n) is 18.7. The molecule has 1 N–H and O–H groups in total. The summed E-state index contributed by atoms with van der Waals surface area (Å²) in [7, 11) is 0. The highest BCUT2D eigenvalue weighted by Gasteiger charge is 2.25. The van der Waals surface area contributed by atoms with Crippen molar-refractivity contribution in [2.24, 2.45) is 0 Å². The lowest BCUT2D eigenvalue weighted by molar-refractivity contribution is -0.383. The monoisotopic (exact) mass is 490 g/mol. The molecule has 5 rings (SSSR count). The number of carbonyl (C=O) groups is 1. The van der Waals surface area contributed by atoms with Crippen molar-refractivity contribution in [2.75, 3.05) is 31.5 Å². The molecule has 10 nitrogen and oxygen atoms in total. The van der Waals surface area contributed by atoms with Crippen molar-refractivity contribution in [2.45, 2.75) is 6.54 Å². The molecule has 1 aliphatic rings. The number of thiazole rings is 1. The van der Waals surface area contributed by atoms with Gasteiger partial charge in [0.25, 0.3) is 17.2 Å². The number of nitro groups is 1. The number of nitro benzene ring substituents is 1. The van der Waals surface area contributed by atoms with E-state index in [1.807, 2.05) is 35.7 Å². The fourth-order valence-electron chi connectivity index (χ4n) is 4.09. The van der Waals surface area contributed by atoms with Gasteiger partial charge in [-0.05, 0) is 24.3 Å². The third-order valence-electron chi connectivity index (χ3n) is 5.90. The van der Waals surface area contributed by atoms with Crippen molar-refractivity contribution in [3.05, 3.63) is 97.9 Å². The number of para-hydroxylation sites is 1. The van der Waals surface area contributed by atoms with E-state index >= 15 is 0 Å². The van der Waals surface area contributed by atoms with Gasteiger partial charge in [-0.15, -0.1) is 11.3 Å². The van der Waals surface area contributed by atoms with Gasteiger partial charge < -0.3 is 10.2 Å².